The van der Waals surface area contributed by atoms with Crippen molar-refractivity contribution in [3.8, 4) is 0 Å². The minimum atomic E-state index is -2.70. The molecule has 0 unspecified atom stereocenters. The predicted molar refractivity (Wildman–Crippen MR) is 125 cm³/mol. The van der Waals surface area contributed by atoms with Crippen LogP contribution in [0.25, 0.3) is 10.9 Å². The van der Waals surface area contributed by atoms with Crippen molar-refractivity contribution in [1.82, 2.24) is 9.55 Å². The number of methoxy groups -OCH3 is 1. The zero-order valence-corrected chi connectivity index (χ0v) is 18.3. The van der Waals surface area contributed by atoms with Crippen molar-refractivity contribution in [2.24, 2.45) is 6.98 Å². The van der Waals surface area contributed by atoms with Crippen LogP contribution in [0.3, 0.4) is 0 Å². The molecule has 0 amide bonds. The molecule has 1 aliphatic rings. The van der Waals surface area contributed by atoms with E-state index in [-0.39, 0.29) is 17.4 Å². The highest BCUT2D eigenvalue weighted by molar-refractivity contribution is 5.95. The number of nitrogens with one attached hydrogen (secondary N) is 1. The van der Waals surface area contributed by atoms with Gasteiger partial charge in [-0.3, -0.25) is 9.36 Å². The topological polar surface area (TPSA) is 85.7 Å². The van der Waals surface area contributed by atoms with Crippen molar-refractivity contribution >= 4 is 28.5 Å². The molecule has 2 heterocycles. The molecule has 168 valence electrons. The number of ether oxygens (including phenoxy) is 2. The van der Waals surface area contributed by atoms with Gasteiger partial charge in [0.25, 0.3) is 5.56 Å². The van der Waals surface area contributed by atoms with E-state index in [1.807, 2.05) is 19.9 Å². The minimum Gasteiger partial charge on any atom is -0.465 e. The Morgan fingerprint density at radius 2 is 2.03 bits per heavy atom. The first-order valence-corrected chi connectivity index (χ1v) is 10.5. The average Bonchev–Trinajstić information content (AvgIpc) is 2.83. The summed E-state index contributed by atoms with van der Waals surface area (Å²) in [5.74, 6) is -0.374. The van der Waals surface area contributed by atoms with Crippen LogP contribution >= 0.6 is 0 Å². The van der Waals surface area contributed by atoms with Gasteiger partial charge in [0.1, 0.15) is 0 Å². The first-order valence-electron chi connectivity index (χ1n) is 12.0. The molecule has 4 rings (SSSR count). The summed E-state index contributed by atoms with van der Waals surface area (Å²) in [7, 11) is 1.32. The third-order valence-electron chi connectivity index (χ3n) is 5.59. The summed E-state index contributed by atoms with van der Waals surface area (Å²) in [4.78, 5) is 32.3. The highest BCUT2D eigenvalue weighted by atomic mass is 16.5. The van der Waals surface area contributed by atoms with Crippen LogP contribution in [0.15, 0.2) is 41.2 Å². The number of morpholine rings is 1. The summed E-state index contributed by atoms with van der Waals surface area (Å²) in [6.45, 7) is 2.72. The van der Waals surface area contributed by atoms with E-state index in [1.54, 1.807) is 35.2 Å². The lowest BCUT2D eigenvalue weighted by molar-refractivity contribution is 0.0602. The fourth-order valence-corrected chi connectivity index (χ4v) is 3.97. The van der Waals surface area contributed by atoms with Crippen LogP contribution in [0.2, 0.25) is 0 Å². The Hall–Kier alpha value is -3.39. The van der Waals surface area contributed by atoms with Crippen molar-refractivity contribution < 1.29 is 18.4 Å². The number of aryl methyl sites for hydroxylation is 1. The zero-order valence-electron chi connectivity index (χ0n) is 21.3. The molecule has 0 aliphatic carbocycles. The quantitative estimate of drug-likeness (QED) is 0.612. The number of anilines is 2. The first kappa shape index (κ1) is 18.2. The van der Waals surface area contributed by atoms with E-state index in [0.29, 0.717) is 48.6 Å². The van der Waals surface area contributed by atoms with Gasteiger partial charge in [0, 0.05) is 35.4 Å². The van der Waals surface area contributed by atoms with Crippen molar-refractivity contribution in [3.63, 3.8) is 0 Å². The zero-order chi connectivity index (χ0) is 25.3. The number of hydrogen-bond donors (Lipinski definition) is 1. The monoisotopic (exact) mass is 439 g/mol. The molecule has 32 heavy (non-hydrogen) atoms. The number of nitrogens with zero attached hydrogens (tertiary/aromatic N) is 3. The maximum absolute atomic E-state index is 13.5. The molecule has 1 N–H and O–H groups in total. The second-order valence-corrected chi connectivity index (χ2v) is 7.81. The number of carbonyl (C=O) groups excluding carboxylic acids is 1. The molecule has 0 spiro atoms. The molecular formula is C24H28N4O4. The van der Waals surface area contributed by atoms with Gasteiger partial charge < -0.3 is 19.7 Å². The van der Waals surface area contributed by atoms with Gasteiger partial charge in [0.2, 0.25) is 5.95 Å². The highest BCUT2D eigenvalue weighted by Gasteiger charge is 2.21. The number of aromatic nitrogens is 2. The number of esters is 1. The Labute approximate surface area is 191 Å². The average molecular weight is 440 g/mol. The Balaban J connectivity index is 1.89. The smallest absolute Gasteiger partial charge is 0.339 e. The van der Waals surface area contributed by atoms with Gasteiger partial charge >= 0.3 is 5.97 Å². The summed E-state index contributed by atoms with van der Waals surface area (Å²) in [6.07, 6.45) is 0. The lowest BCUT2D eigenvalue weighted by Gasteiger charge is -2.29. The predicted octanol–water partition coefficient (Wildman–Crippen LogP) is 3.04. The van der Waals surface area contributed by atoms with Crippen LogP contribution in [0.5, 0.6) is 0 Å². The molecule has 1 aromatic heterocycles. The van der Waals surface area contributed by atoms with Crippen LogP contribution in [-0.2, 0) is 16.4 Å². The normalized spacial score (nSPS) is 16.7. The number of para-hydroxylation sites is 1. The largest absolute Gasteiger partial charge is 0.465 e. The number of hydrogen-bond acceptors (Lipinski definition) is 7. The Morgan fingerprint density at radius 1 is 1.28 bits per heavy atom. The number of rotatable bonds is 5. The molecule has 1 saturated heterocycles. The van der Waals surface area contributed by atoms with Gasteiger partial charge in [-0.25, -0.2) is 9.78 Å². The molecule has 8 nitrogen and oxygen atoms in total. The summed E-state index contributed by atoms with van der Waals surface area (Å²) in [6, 6.07) is 10.2. The van der Waals surface area contributed by atoms with Crippen LogP contribution in [0, 0.1) is 6.92 Å². The second kappa shape index (κ2) is 9.00. The van der Waals surface area contributed by atoms with E-state index in [1.165, 1.54) is 7.11 Å². The lowest BCUT2D eigenvalue weighted by atomic mass is 10.0. The molecule has 3 aromatic rings. The maximum Gasteiger partial charge on any atom is 0.339 e. The molecule has 0 bridgehead atoms. The van der Waals surface area contributed by atoms with E-state index < -0.39 is 18.5 Å². The molecule has 1 atom stereocenters. The van der Waals surface area contributed by atoms with E-state index in [4.69, 9.17) is 18.6 Å². The standard InChI is InChI=1S/C24H28N4O4/c1-15-13-18(16(2)25-20-8-6-5-7-17(20)23(30)31-4)21-19(14-15)22(29)27(3)24(26-21)28-9-11-32-12-10-28/h5-8,13-14,16,25H,9-12H2,1-4H3/t16-/m1/s1/i3D3. The van der Waals surface area contributed by atoms with Gasteiger partial charge in [0.05, 0.1) is 42.8 Å². The summed E-state index contributed by atoms with van der Waals surface area (Å²) < 4.78 is 35.1. The van der Waals surface area contributed by atoms with Crippen LogP contribution < -0.4 is 15.8 Å². The Morgan fingerprint density at radius 3 is 2.75 bits per heavy atom. The van der Waals surface area contributed by atoms with Crippen molar-refractivity contribution in [1.29, 1.82) is 0 Å². The lowest BCUT2D eigenvalue weighted by Crippen LogP contribution is -2.40. The summed E-state index contributed by atoms with van der Waals surface area (Å²) in [5.41, 5.74) is 2.25. The second-order valence-electron chi connectivity index (χ2n) is 7.81. The molecular weight excluding hydrogens is 408 g/mol. The van der Waals surface area contributed by atoms with E-state index in [2.05, 4.69) is 5.32 Å². The number of benzene rings is 2. The third kappa shape index (κ3) is 4.05. The number of carbonyl (C=O) groups is 1. The van der Waals surface area contributed by atoms with Gasteiger partial charge in [-0.15, -0.1) is 0 Å². The van der Waals surface area contributed by atoms with Crippen molar-refractivity contribution in [2.75, 3.05) is 43.6 Å². The van der Waals surface area contributed by atoms with Gasteiger partial charge in [-0.05, 0) is 37.6 Å². The van der Waals surface area contributed by atoms with Crippen LogP contribution in [0.4, 0.5) is 11.6 Å². The Bertz CT molecular complexity index is 1320. The third-order valence-corrected chi connectivity index (χ3v) is 5.59. The Kier molecular flexibility index (Phi) is 5.12. The molecule has 1 aliphatic heterocycles. The van der Waals surface area contributed by atoms with E-state index >= 15 is 0 Å². The molecule has 0 saturated carbocycles. The van der Waals surface area contributed by atoms with E-state index in [0.717, 1.165) is 10.1 Å². The van der Waals surface area contributed by atoms with Crippen LogP contribution in [0.1, 0.15) is 38.6 Å². The molecule has 0 radical (unpaired) electrons. The van der Waals surface area contributed by atoms with Gasteiger partial charge in [-0.1, -0.05) is 18.2 Å². The highest BCUT2D eigenvalue weighted by Crippen LogP contribution is 2.29. The van der Waals surface area contributed by atoms with Gasteiger partial charge in [0.15, 0.2) is 0 Å². The van der Waals surface area contributed by atoms with Crippen molar-refractivity contribution in [2.45, 2.75) is 19.9 Å². The summed E-state index contributed by atoms with van der Waals surface area (Å²) in [5, 5.41) is 3.56. The SMILES string of the molecule is [2H]C([2H])([2H])n1c(N2CCOCC2)nc2c([C@@H](C)Nc3ccccc3C(=O)OC)cc(C)cc2c1=O. The molecule has 8 heteroatoms. The number of fused-ring (bicyclic) bond motifs is 1. The molecule has 1 fully saturated rings. The fraction of sp³-hybridized carbons (Fsp3) is 0.375. The van der Waals surface area contributed by atoms with Crippen LogP contribution in [-0.4, -0.2) is 48.9 Å². The van der Waals surface area contributed by atoms with Crippen molar-refractivity contribution in [3.05, 3.63) is 63.4 Å². The minimum absolute atomic E-state index is 0.0954. The fourth-order valence-electron chi connectivity index (χ4n) is 3.97. The summed E-state index contributed by atoms with van der Waals surface area (Å²) >= 11 is 0. The maximum atomic E-state index is 13.5. The van der Waals surface area contributed by atoms with Gasteiger partial charge in [-0.2, -0.15) is 0 Å². The molecule has 2 aromatic carbocycles. The first-order chi connectivity index (χ1) is 16.6. The van der Waals surface area contributed by atoms with E-state index in [9.17, 15) is 9.59 Å².